The molecule has 1 aliphatic heterocycles. The predicted molar refractivity (Wildman–Crippen MR) is 116 cm³/mol. The Morgan fingerprint density at radius 2 is 1.90 bits per heavy atom. The molecule has 2 heterocycles. The highest BCUT2D eigenvalue weighted by molar-refractivity contribution is 9.10. The third-order valence-corrected chi connectivity index (χ3v) is 7.11. The minimum absolute atomic E-state index is 0.101. The summed E-state index contributed by atoms with van der Waals surface area (Å²) in [5, 5.41) is 12.8. The lowest BCUT2D eigenvalue weighted by molar-refractivity contribution is -0.127. The van der Waals surface area contributed by atoms with Gasteiger partial charge in [0.25, 0.3) is 0 Å². The maximum absolute atomic E-state index is 12.3. The summed E-state index contributed by atoms with van der Waals surface area (Å²) in [5.41, 5.74) is 6.28. The monoisotopic (exact) mass is 470 g/mol. The molecule has 148 valence electrons. The fraction of sp³-hybridized carbons (Fsp3) is 0.261. The zero-order chi connectivity index (χ0) is 20.2. The Bertz CT molecular complexity index is 1060. The van der Waals surface area contributed by atoms with Crippen molar-refractivity contribution in [2.45, 2.75) is 23.5 Å². The minimum Gasteiger partial charge on any atom is -0.476 e. The molecule has 29 heavy (non-hydrogen) atoms. The Kier molecular flexibility index (Phi) is 4.48. The number of aromatic nitrogens is 1. The zero-order valence-corrected chi connectivity index (χ0v) is 17.9. The van der Waals surface area contributed by atoms with E-state index >= 15 is 0 Å². The summed E-state index contributed by atoms with van der Waals surface area (Å²) in [6, 6.07) is 19.8. The second kappa shape index (κ2) is 6.81. The Balaban J connectivity index is 1.81. The molecule has 0 radical (unpaired) electrons. The molecule has 1 aromatic heterocycles. The predicted octanol–water partition coefficient (Wildman–Crippen LogP) is 4.74. The number of aliphatic hydroxyl groups is 1. The summed E-state index contributed by atoms with van der Waals surface area (Å²) in [7, 11) is 0. The van der Waals surface area contributed by atoms with Crippen LogP contribution in [0.2, 0.25) is 5.02 Å². The van der Waals surface area contributed by atoms with Crippen LogP contribution < -0.4 is 10.5 Å². The summed E-state index contributed by atoms with van der Waals surface area (Å²) in [6.07, 6.45) is 2.25. The van der Waals surface area contributed by atoms with E-state index in [4.69, 9.17) is 22.1 Å². The van der Waals surface area contributed by atoms with Gasteiger partial charge in [0.1, 0.15) is 11.4 Å². The molecule has 1 aliphatic carbocycles. The van der Waals surface area contributed by atoms with Gasteiger partial charge in [-0.15, -0.1) is 0 Å². The van der Waals surface area contributed by atoms with E-state index < -0.39 is 11.2 Å². The second-order valence-electron chi connectivity index (χ2n) is 7.74. The quantitative estimate of drug-likeness (QED) is 0.579. The van der Waals surface area contributed by atoms with Gasteiger partial charge in [0.15, 0.2) is 11.2 Å². The van der Waals surface area contributed by atoms with Crippen LogP contribution in [0.5, 0.6) is 5.75 Å². The van der Waals surface area contributed by atoms with Gasteiger partial charge in [-0.05, 0) is 36.2 Å². The van der Waals surface area contributed by atoms with E-state index in [1.165, 1.54) is 0 Å². The molecule has 1 saturated carbocycles. The van der Waals surface area contributed by atoms with E-state index in [0.717, 1.165) is 15.6 Å². The molecule has 4 nitrogen and oxygen atoms in total. The SMILES string of the molecule is NCC1C[C@@H](c2ccccc2)[C@]2(c3ccc(Br)cc3)Oc3cc(Cl)cnc3[C@]12O. The first kappa shape index (κ1) is 19.1. The first-order valence-corrected chi connectivity index (χ1v) is 10.8. The van der Waals surface area contributed by atoms with Crippen LogP contribution >= 0.6 is 27.5 Å². The molecule has 0 spiro atoms. The Morgan fingerprint density at radius 1 is 1.17 bits per heavy atom. The maximum Gasteiger partial charge on any atom is 0.175 e. The highest BCUT2D eigenvalue weighted by Crippen LogP contribution is 2.68. The van der Waals surface area contributed by atoms with Crippen molar-refractivity contribution in [3.05, 3.63) is 93.2 Å². The molecular formula is C23H20BrClN2O2. The molecule has 5 rings (SSSR count). The fourth-order valence-corrected chi connectivity index (χ4v) is 5.58. The van der Waals surface area contributed by atoms with Crippen molar-refractivity contribution >= 4 is 27.5 Å². The minimum atomic E-state index is -1.37. The number of pyridine rings is 1. The van der Waals surface area contributed by atoms with Gasteiger partial charge in [-0.2, -0.15) is 0 Å². The molecule has 2 aromatic carbocycles. The number of nitrogens with zero attached hydrogens (tertiary/aromatic N) is 1. The smallest absolute Gasteiger partial charge is 0.175 e. The number of nitrogens with two attached hydrogens (primary N) is 1. The van der Waals surface area contributed by atoms with Crippen LogP contribution in [0.15, 0.2) is 71.3 Å². The van der Waals surface area contributed by atoms with Crippen molar-refractivity contribution < 1.29 is 9.84 Å². The van der Waals surface area contributed by atoms with Crippen molar-refractivity contribution in [2.24, 2.45) is 11.7 Å². The van der Waals surface area contributed by atoms with Crippen molar-refractivity contribution in [1.29, 1.82) is 0 Å². The first-order valence-electron chi connectivity index (χ1n) is 9.59. The molecule has 4 atom stereocenters. The molecule has 2 aliphatic rings. The van der Waals surface area contributed by atoms with Crippen LogP contribution in [0.3, 0.4) is 0 Å². The Labute approximate surface area is 182 Å². The number of ether oxygens (including phenoxy) is 1. The highest BCUT2D eigenvalue weighted by Gasteiger charge is 2.72. The number of hydrogen-bond acceptors (Lipinski definition) is 4. The zero-order valence-electron chi connectivity index (χ0n) is 15.6. The lowest BCUT2D eigenvalue weighted by Crippen LogP contribution is -2.51. The van der Waals surface area contributed by atoms with Gasteiger partial charge in [0.2, 0.25) is 0 Å². The van der Waals surface area contributed by atoms with Crippen LogP contribution in [-0.2, 0) is 11.2 Å². The summed E-state index contributed by atoms with van der Waals surface area (Å²) < 4.78 is 7.62. The van der Waals surface area contributed by atoms with Crippen LogP contribution in [0.1, 0.15) is 29.2 Å². The molecule has 6 heteroatoms. The van der Waals surface area contributed by atoms with Crippen molar-refractivity contribution in [3.63, 3.8) is 0 Å². The fourth-order valence-electron chi connectivity index (χ4n) is 5.17. The van der Waals surface area contributed by atoms with Crippen molar-refractivity contribution in [2.75, 3.05) is 6.54 Å². The molecule has 0 amide bonds. The molecule has 1 fully saturated rings. The maximum atomic E-state index is 12.3. The van der Waals surface area contributed by atoms with Gasteiger partial charge in [-0.25, -0.2) is 0 Å². The highest BCUT2D eigenvalue weighted by atomic mass is 79.9. The van der Waals surface area contributed by atoms with E-state index in [9.17, 15) is 5.11 Å². The summed E-state index contributed by atoms with van der Waals surface area (Å²) in [6.45, 7) is 0.325. The average molecular weight is 472 g/mol. The summed E-state index contributed by atoms with van der Waals surface area (Å²) in [5.74, 6) is 0.199. The number of halogens is 2. The van der Waals surface area contributed by atoms with Crippen LogP contribution in [0, 0.1) is 5.92 Å². The van der Waals surface area contributed by atoms with Gasteiger partial charge in [-0.1, -0.05) is 70.0 Å². The molecule has 0 bridgehead atoms. The molecule has 1 unspecified atom stereocenters. The normalized spacial score (nSPS) is 29.9. The van der Waals surface area contributed by atoms with Gasteiger partial charge in [0.05, 0.1) is 5.02 Å². The lowest BCUT2D eigenvalue weighted by atomic mass is 9.71. The summed E-state index contributed by atoms with van der Waals surface area (Å²) in [4.78, 5) is 4.52. The topological polar surface area (TPSA) is 68.4 Å². The number of fused-ring (bicyclic) bond motifs is 3. The molecule has 0 saturated heterocycles. The van der Waals surface area contributed by atoms with E-state index in [0.29, 0.717) is 29.4 Å². The molecule has 3 aromatic rings. The van der Waals surface area contributed by atoms with Gasteiger partial charge in [0, 0.05) is 28.6 Å². The summed E-state index contributed by atoms with van der Waals surface area (Å²) >= 11 is 9.71. The second-order valence-corrected chi connectivity index (χ2v) is 9.09. The largest absolute Gasteiger partial charge is 0.476 e. The number of hydrogen-bond donors (Lipinski definition) is 2. The molecular weight excluding hydrogens is 452 g/mol. The lowest BCUT2D eigenvalue weighted by Gasteiger charge is -2.41. The number of rotatable bonds is 3. The first-order chi connectivity index (χ1) is 14.0. The van der Waals surface area contributed by atoms with Gasteiger partial charge in [-0.3, -0.25) is 4.98 Å². The van der Waals surface area contributed by atoms with E-state index in [1.54, 1.807) is 12.3 Å². The average Bonchev–Trinajstić information content (AvgIpc) is 3.13. The molecule has 3 N–H and O–H groups in total. The van der Waals surface area contributed by atoms with E-state index in [2.05, 4.69) is 33.0 Å². The van der Waals surface area contributed by atoms with Crippen molar-refractivity contribution in [1.82, 2.24) is 4.98 Å². The van der Waals surface area contributed by atoms with Crippen LogP contribution in [0.4, 0.5) is 0 Å². The third kappa shape index (κ3) is 2.55. The van der Waals surface area contributed by atoms with Crippen LogP contribution in [-0.4, -0.2) is 16.6 Å². The van der Waals surface area contributed by atoms with Gasteiger partial charge < -0.3 is 15.6 Å². The Hall–Kier alpha value is -1.92. The van der Waals surface area contributed by atoms with Crippen LogP contribution in [0.25, 0.3) is 0 Å². The standard InChI is InChI=1S/C23H20BrClN2O2/c24-17-8-6-15(7-9-17)23-19(14-4-2-1-3-5-14)10-16(12-26)22(23,28)21-20(29-23)11-18(25)13-27-21/h1-9,11,13,16,19,28H,10,12,26H2/t16?,19-,22+,23-/m0/s1. The van der Waals surface area contributed by atoms with Gasteiger partial charge >= 0.3 is 0 Å². The van der Waals surface area contributed by atoms with Crippen molar-refractivity contribution in [3.8, 4) is 5.75 Å². The van der Waals surface area contributed by atoms with E-state index in [1.807, 2.05) is 42.5 Å². The third-order valence-electron chi connectivity index (χ3n) is 6.38. The van der Waals surface area contributed by atoms with E-state index in [-0.39, 0.29) is 11.8 Å². The Morgan fingerprint density at radius 3 is 2.59 bits per heavy atom. The number of benzene rings is 2.